The number of carbonyl (C=O) groups excluding carboxylic acids is 1. The van der Waals surface area contributed by atoms with Crippen LogP contribution in [-0.2, 0) is 4.79 Å². The Morgan fingerprint density at radius 1 is 1.19 bits per heavy atom. The lowest BCUT2D eigenvalue weighted by Crippen LogP contribution is -2.53. The Bertz CT molecular complexity index is 1020. The third-order valence-corrected chi connectivity index (χ3v) is 6.80. The van der Waals surface area contributed by atoms with E-state index in [1.165, 1.54) is 0 Å². The Hall–Kier alpha value is -2.46. The van der Waals surface area contributed by atoms with Gasteiger partial charge in [0.1, 0.15) is 6.07 Å². The van der Waals surface area contributed by atoms with Crippen molar-refractivity contribution < 1.29 is 4.79 Å². The molecule has 0 bridgehead atoms. The van der Waals surface area contributed by atoms with Crippen LogP contribution in [0.3, 0.4) is 0 Å². The summed E-state index contributed by atoms with van der Waals surface area (Å²) in [6.45, 7) is 5.87. The number of benzene rings is 2. The molecule has 4 rings (SSSR count). The number of carbonyl (C=O) groups is 1. The lowest BCUT2D eigenvalue weighted by Gasteiger charge is -2.37. The topological polar surface area (TPSA) is 71.4 Å². The van der Waals surface area contributed by atoms with Crippen LogP contribution in [0.25, 0.3) is 0 Å². The van der Waals surface area contributed by atoms with E-state index in [0.29, 0.717) is 28.7 Å². The van der Waals surface area contributed by atoms with E-state index in [4.69, 9.17) is 23.2 Å². The minimum Gasteiger partial charge on any atom is -0.377 e. The number of anilines is 2. The van der Waals surface area contributed by atoms with Crippen molar-refractivity contribution in [1.82, 2.24) is 10.2 Å². The predicted octanol–water partition coefficient (Wildman–Crippen LogP) is 4.44. The van der Waals surface area contributed by atoms with E-state index >= 15 is 0 Å². The molecule has 2 saturated heterocycles. The molecule has 0 aromatic heterocycles. The number of amides is 1. The number of piperazine rings is 1. The van der Waals surface area contributed by atoms with Crippen molar-refractivity contribution in [2.75, 3.05) is 42.9 Å². The largest absolute Gasteiger partial charge is 0.377 e. The van der Waals surface area contributed by atoms with Crippen molar-refractivity contribution in [1.29, 1.82) is 5.26 Å². The first-order chi connectivity index (χ1) is 15.5. The van der Waals surface area contributed by atoms with E-state index in [2.05, 4.69) is 21.6 Å². The second-order valence-electron chi connectivity index (χ2n) is 8.33. The summed E-state index contributed by atoms with van der Waals surface area (Å²) in [5.41, 5.74) is 3.29. The summed E-state index contributed by atoms with van der Waals surface area (Å²) in [7, 11) is 0. The van der Waals surface area contributed by atoms with E-state index in [1.54, 1.807) is 6.07 Å². The molecule has 2 heterocycles. The van der Waals surface area contributed by atoms with Crippen LogP contribution in [0.15, 0.2) is 36.4 Å². The fourth-order valence-electron chi connectivity index (χ4n) is 4.41. The maximum atomic E-state index is 12.7. The summed E-state index contributed by atoms with van der Waals surface area (Å²) in [5, 5.41) is 17.5. The van der Waals surface area contributed by atoms with Crippen LogP contribution >= 0.6 is 23.2 Å². The van der Waals surface area contributed by atoms with E-state index < -0.39 is 0 Å². The molecule has 2 aliphatic heterocycles. The van der Waals surface area contributed by atoms with Crippen LogP contribution in [-0.4, -0.2) is 49.6 Å². The fraction of sp³-hybridized carbons (Fsp3) is 0.417. The molecule has 32 heavy (non-hydrogen) atoms. The van der Waals surface area contributed by atoms with Gasteiger partial charge in [-0.15, -0.1) is 0 Å². The third-order valence-electron chi connectivity index (χ3n) is 6.24. The Morgan fingerprint density at radius 3 is 2.62 bits per heavy atom. The van der Waals surface area contributed by atoms with Gasteiger partial charge in [-0.1, -0.05) is 29.3 Å². The molecule has 0 saturated carbocycles. The van der Waals surface area contributed by atoms with Crippen LogP contribution in [0.4, 0.5) is 11.4 Å². The van der Waals surface area contributed by atoms with Gasteiger partial charge in [0.05, 0.1) is 23.3 Å². The lowest BCUT2D eigenvalue weighted by molar-refractivity contribution is -0.133. The van der Waals surface area contributed by atoms with Gasteiger partial charge in [-0.05, 0) is 62.2 Å². The first kappa shape index (κ1) is 22.7. The zero-order chi connectivity index (χ0) is 22.7. The molecule has 2 N–H and O–H groups in total. The van der Waals surface area contributed by atoms with Crippen molar-refractivity contribution in [2.24, 2.45) is 0 Å². The van der Waals surface area contributed by atoms with Crippen molar-refractivity contribution >= 4 is 40.5 Å². The highest BCUT2D eigenvalue weighted by Gasteiger charge is 2.29. The van der Waals surface area contributed by atoms with Crippen LogP contribution < -0.4 is 15.5 Å². The summed E-state index contributed by atoms with van der Waals surface area (Å²) < 4.78 is 0. The Kier molecular flexibility index (Phi) is 7.10. The molecule has 2 atom stereocenters. The highest BCUT2D eigenvalue weighted by atomic mass is 35.5. The molecule has 2 fully saturated rings. The van der Waals surface area contributed by atoms with Crippen molar-refractivity contribution in [3.63, 3.8) is 0 Å². The smallest absolute Gasteiger partial charge is 0.239 e. The summed E-state index contributed by atoms with van der Waals surface area (Å²) in [6, 6.07) is 13.4. The van der Waals surface area contributed by atoms with Gasteiger partial charge in [0.25, 0.3) is 0 Å². The van der Waals surface area contributed by atoms with Gasteiger partial charge in [0.15, 0.2) is 0 Å². The molecule has 2 aromatic rings. The zero-order valence-corrected chi connectivity index (χ0v) is 19.6. The average molecular weight is 472 g/mol. The van der Waals surface area contributed by atoms with E-state index in [0.717, 1.165) is 49.4 Å². The minimum absolute atomic E-state index is 0.0200. The van der Waals surface area contributed by atoms with Gasteiger partial charge in [-0.3, -0.25) is 4.79 Å². The number of hydrogen-bond donors (Lipinski definition) is 2. The van der Waals surface area contributed by atoms with E-state index in [-0.39, 0.29) is 18.0 Å². The van der Waals surface area contributed by atoms with Gasteiger partial charge < -0.3 is 20.4 Å². The molecule has 1 unspecified atom stereocenters. The second kappa shape index (κ2) is 9.99. The Labute approximate surface area is 199 Å². The highest BCUT2D eigenvalue weighted by Crippen LogP contribution is 2.31. The number of nitrogens with zero attached hydrogens (tertiary/aromatic N) is 3. The van der Waals surface area contributed by atoms with Crippen LogP contribution in [0.5, 0.6) is 0 Å². The van der Waals surface area contributed by atoms with Crippen molar-refractivity contribution in [2.45, 2.75) is 31.8 Å². The van der Waals surface area contributed by atoms with E-state index in [9.17, 15) is 10.1 Å². The normalized spacial score (nSPS) is 19.5. The highest BCUT2D eigenvalue weighted by molar-refractivity contribution is 6.35. The van der Waals surface area contributed by atoms with Gasteiger partial charge >= 0.3 is 0 Å². The minimum atomic E-state index is -0.101. The monoisotopic (exact) mass is 471 g/mol. The molecule has 0 radical (unpaired) electrons. The van der Waals surface area contributed by atoms with Crippen LogP contribution in [0.2, 0.25) is 10.0 Å². The maximum absolute atomic E-state index is 12.7. The molecular formula is C24H27Cl2N5O. The first-order valence-corrected chi connectivity index (χ1v) is 11.7. The second-order valence-corrected chi connectivity index (χ2v) is 9.18. The number of nitrogens with one attached hydrogen (secondary N) is 2. The molecule has 6 nitrogen and oxygen atoms in total. The molecule has 2 aromatic carbocycles. The molecule has 168 valence electrons. The number of halogens is 2. The average Bonchev–Trinajstić information content (AvgIpc) is 3.33. The number of nitriles is 1. The first-order valence-electron chi connectivity index (χ1n) is 11.0. The Morgan fingerprint density at radius 2 is 1.97 bits per heavy atom. The van der Waals surface area contributed by atoms with Gasteiger partial charge in [0.2, 0.25) is 5.91 Å². The maximum Gasteiger partial charge on any atom is 0.239 e. The van der Waals surface area contributed by atoms with Crippen molar-refractivity contribution in [3.8, 4) is 6.07 Å². The molecule has 1 amide bonds. The standard InChI is InChI=1S/C24H27Cl2N5O/c1-16(20-7-5-18(25)13-21(20)26)29-23-14-19(6-4-17(23)15-27)30-9-11-31(12-10-30)24(32)22-3-2-8-28-22/h4-7,13-14,16,22,28-29H,2-3,8-12H2,1H3/t16?,22-/m1/s1. The van der Waals surface area contributed by atoms with Gasteiger partial charge in [-0.25, -0.2) is 0 Å². The van der Waals surface area contributed by atoms with Gasteiger partial charge in [-0.2, -0.15) is 5.26 Å². The molecule has 0 spiro atoms. The van der Waals surface area contributed by atoms with Crippen LogP contribution in [0.1, 0.15) is 36.9 Å². The lowest BCUT2D eigenvalue weighted by atomic mass is 10.1. The fourth-order valence-corrected chi connectivity index (χ4v) is 4.98. The summed E-state index contributed by atoms with van der Waals surface area (Å²) in [4.78, 5) is 16.9. The number of hydrogen-bond acceptors (Lipinski definition) is 5. The molecule has 8 heteroatoms. The van der Waals surface area contributed by atoms with E-state index in [1.807, 2.05) is 42.2 Å². The summed E-state index contributed by atoms with van der Waals surface area (Å²) >= 11 is 12.4. The predicted molar refractivity (Wildman–Crippen MR) is 129 cm³/mol. The molecule has 0 aliphatic carbocycles. The zero-order valence-electron chi connectivity index (χ0n) is 18.1. The third kappa shape index (κ3) is 4.96. The SMILES string of the molecule is CC(Nc1cc(N2CCN(C(=O)[C@H]3CCCN3)CC2)ccc1C#N)c1ccc(Cl)cc1Cl. The molecular weight excluding hydrogens is 445 g/mol. The Balaban J connectivity index is 1.45. The number of rotatable bonds is 5. The van der Waals surface area contributed by atoms with Crippen LogP contribution in [0, 0.1) is 11.3 Å². The summed E-state index contributed by atoms with van der Waals surface area (Å²) in [6.07, 6.45) is 2.00. The van der Waals surface area contributed by atoms with Gasteiger partial charge in [0, 0.05) is 41.9 Å². The summed E-state index contributed by atoms with van der Waals surface area (Å²) in [5.74, 6) is 0.220. The van der Waals surface area contributed by atoms with Crippen molar-refractivity contribution in [3.05, 3.63) is 57.6 Å². The molecule has 2 aliphatic rings. The quantitative estimate of drug-likeness (QED) is 0.674.